The zero-order chi connectivity index (χ0) is 21.5. The molecule has 3 fully saturated rings. The van der Waals surface area contributed by atoms with E-state index in [0.29, 0.717) is 18.4 Å². The summed E-state index contributed by atoms with van der Waals surface area (Å²) in [5.74, 6) is 1.52. The monoisotopic (exact) mass is 420 g/mol. The number of hydrogen-bond donors (Lipinski definition) is 1. The third kappa shape index (κ3) is 5.45. The van der Waals surface area contributed by atoms with Gasteiger partial charge >= 0.3 is 0 Å². The SMILES string of the molecule is CCC(CCNC(=NC)N1CCN(C(C)C(=O)N2CCCC2)CC1)N1CCCC1=O. The largest absolute Gasteiger partial charge is 0.356 e. The Morgan fingerprint density at radius 2 is 1.73 bits per heavy atom. The molecule has 3 heterocycles. The highest BCUT2D eigenvalue weighted by molar-refractivity contribution is 5.82. The van der Waals surface area contributed by atoms with Gasteiger partial charge in [0.25, 0.3) is 0 Å². The molecule has 3 rings (SSSR count). The molecule has 8 heteroatoms. The van der Waals surface area contributed by atoms with Gasteiger partial charge in [-0.25, -0.2) is 0 Å². The second kappa shape index (κ2) is 11.0. The fourth-order valence-corrected chi connectivity index (χ4v) is 5.00. The van der Waals surface area contributed by atoms with E-state index in [1.54, 1.807) is 0 Å². The summed E-state index contributed by atoms with van der Waals surface area (Å²) in [4.78, 5) is 37.9. The van der Waals surface area contributed by atoms with Gasteiger partial charge in [-0.15, -0.1) is 0 Å². The first-order valence-electron chi connectivity index (χ1n) is 11.8. The van der Waals surface area contributed by atoms with Crippen LogP contribution in [0.5, 0.6) is 0 Å². The molecule has 0 saturated carbocycles. The summed E-state index contributed by atoms with van der Waals surface area (Å²) in [5, 5.41) is 3.50. The number of carbonyl (C=O) groups excluding carboxylic acids is 2. The second-order valence-electron chi connectivity index (χ2n) is 8.75. The number of rotatable bonds is 7. The Balaban J connectivity index is 1.42. The van der Waals surface area contributed by atoms with Crippen molar-refractivity contribution < 1.29 is 9.59 Å². The Hall–Kier alpha value is -1.83. The maximum atomic E-state index is 12.7. The van der Waals surface area contributed by atoms with E-state index in [9.17, 15) is 9.59 Å². The Bertz CT molecular complexity index is 611. The van der Waals surface area contributed by atoms with Crippen LogP contribution < -0.4 is 5.32 Å². The zero-order valence-electron chi connectivity index (χ0n) is 19.1. The van der Waals surface area contributed by atoms with Crippen molar-refractivity contribution in [3.63, 3.8) is 0 Å². The van der Waals surface area contributed by atoms with Crippen molar-refractivity contribution in [2.75, 3.05) is 59.4 Å². The van der Waals surface area contributed by atoms with Crippen molar-refractivity contribution in [2.24, 2.45) is 4.99 Å². The molecule has 0 aromatic rings. The highest BCUT2D eigenvalue weighted by Gasteiger charge is 2.31. The molecule has 0 aromatic heterocycles. The number of likely N-dealkylation sites (tertiary alicyclic amines) is 2. The smallest absolute Gasteiger partial charge is 0.239 e. The highest BCUT2D eigenvalue weighted by Crippen LogP contribution is 2.18. The van der Waals surface area contributed by atoms with E-state index >= 15 is 0 Å². The molecule has 0 radical (unpaired) electrons. The topological polar surface area (TPSA) is 71.5 Å². The number of aliphatic imine (C=N–C) groups is 1. The number of guanidine groups is 1. The van der Waals surface area contributed by atoms with E-state index < -0.39 is 0 Å². The Kier molecular flexibility index (Phi) is 8.36. The maximum absolute atomic E-state index is 12.7. The van der Waals surface area contributed by atoms with Crippen molar-refractivity contribution >= 4 is 17.8 Å². The van der Waals surface area contributed by atoms with Gasteiger partial charge in [0.05, 0.1) is 6.04 Å². The van der Waals surface area contributed by atoms with Crippen LogP contribution in [0.25, 0.3) is 0 Å². The van der Waals surface area contributed by atoms with Gasteiger partial charge in [0, 0.05) is 71.9 Å². The summed E-state index contributed by atoms with van der Waals surface area (Å²) in [7, 11) is 1.83. The third-order valence-electron chi connectivity index (χ3n) is 6.93. The van der Waals surface area contributed by atoms with Gasteiger partial charge in [-0.1, -0.05) is 6.92 Å². The van der Waals surface area contributed by atoms with Gasteiger partial charge in [-0.2, -0.15) is 0 Å². The quantitative estimate of drug-likeness (QED) is 0.491. The number of nitrogens with one attached hydrogen (secondary N) is 1. The normalized spacial score (nSPS) is 23.2. The lowest BCUT2D eigenvalue weighted by molar-refractivity contribution is -0.135. The van der Waals surface area contributed by atoms with Gasteiger partial charge < -0.3 is 20.0 Å². The number of nitrogens with zero attached hydrogens (tertiary/aromatic N) is 5. The molecule has 3 aliphatic rings. The van der Waals surface area contributed by atoms with Crippen molar-refractivity contribution in [2.45, 2.75) is 64.5 Å². The van der Waals surface area contributed by atoms with E-state index in [1.807, 2.05) is 18.9 Å². The Morgan fingerprint density at radius 3 is 2.30 bits per heavy atom. The van der Waals surface area contributed by atoms with Crippen LogP contribution in [-0.2, 0) is 9.59 Å². The molecule has 8 nitrogen and oxygen atoms in total. The first-order chi connectivity index (χ1) is 14.5. The van der Waals surface area contributed by atoms with E-state index in [2.05, 4.69) is 31.9 Å². The van der Waals surface area contributed by atoms with Crippen molar-refractivity contribution in [3.8, 4) is 0 Å². The third-order valence-corrected chi connectivity index (χ3v) is 6.93. The summed E-state index contributed by atoms with van der Waals surface area (Å²) in [5.41, 5.74) is 0. The molecule has 2 amide bonds. The van der Waals surface area contributed by atoms with E-state index in [-0.39, 0.29) is 11.9 Å². The predicted molar refractivity (Wildman–Crippen MR) is 119 cm³/mol. The average Bonchev–Trinajstić information content (AvgIpc) is 3.45. The van der Waals surface area contributed by atoms with Crippen LogP contribution in [0, 0.1) is 0 Å². The number of carbonyl (C=O) groups is 2. The van der Waals surface area contributed by atoms with Crippen LogP contribution in [0.15, 0.2) is 4.99 Å². The van der Waals surface area contributed by atoms with Crippen LogP contribution in [0.1, 0.15) is 52.4 Å². The average molecular weight is 421 g/mol. The standard InChI is InChI=1S/C22H40N6O2/c1-4-19(28-13-7-8-20(28)29)9-10-24-22(23-3)27-16-14-25(15-17-27)18(2)21(30)26-11-5-6-12-26/h18-19H,4-17H2,1-3H3,(H,23,24). The first-order valence-corrected chi connectivity index (χ1v) is 11.8. The first kappa shape index (κ1) is 22.8. The number of piperazine rings is 1. The van der Waals surface area contributed by atoms with Crippen molar-refractivity contribution in [3.05, 3.63) is 0 Å². The van der Waals surface area contributed by atoms with E-state index in [1.165, 1.54) is 0 Å². The fraction of sp³-hybridized carbons (Fsp3) is 0.864. The lowest BCUT2D eigenvalue weighted by Gasteiger charge is -2.39. The summed E-state index contributed by atoms with van der Waals surface area (Å²) in [6, 6.07) is 0.281. The molecule has 2 unspecified atom stereocenters. The summed E-state index contributed by atoms with van der Waals surface area (Å²) >= 11 is 0. The Morgan fingerprint density at radius 1 is 1.03 bits per heavy atom. The molecule has 3 saturated heterocycles. The highest BCUT2D eigenvalue weighted by atomic mass is 16.2. The fourth-order valence-electron chi connectivity index (χ4n) is 5.00. The van der Waals surface area contributed by atoms with Crippen LogP contribution in [-0.4, -0.2) is 109 Å². The minimum absolute atomic E-state index is 0.0384. The molecule has 0 bridgehead atoms. The molecule has 0 aromatic carbocycles. The molecule has 0 aliphatic carbocycles. The second-order valence-corrected chi connectivity index (χ2v) is 8.75. The van der Waals surface area contributed by atoms with Gasteiger partial charge in [0.1, 0.15) is 0 Å². The molecular formula is C22H40N6O2. The van der Waals surface area contributed by atoms with Crippen LogP contribution in [0.3, 0.4) is 0 Å². The van der Waals surface area contributed by atoms with Gasteiger partial charge in [-0.3, -0.25) is 19.5 Å². The van der Waals surface area contributed by atoms with Gasteiger partial charge in [0.2, 0.25) is 11.8 Å². The molecule has 0 spiro atoms. The Labute approximate surface area is 181 Å². The number of amides is 2. The molecule has 3 aliphatic heterocycles. The van der Waals surface area contributed by atoms with Gasteiger partial charge in [-0.05, 0) is 39.0 Å². The summed E-state index contributed by atoms with van der Waals surface area (Å²) in [6.45, 7) is 11.3. The maximum Gasteiger partial charge on any atom is 0.239 e. The zero-order valence-corrected chi connectivity index (χ0v) is 19.1. The summed E-state index contributed by atoms with van der Waals surface area (Å²) in [6.07, 6.45) is 5.91. The summed E-state index contributed by atoms with van der Waals surface area (Å²) < 4.78 is 0. The van der Waals surface area contributed by atoms with E-state index in [0.717, 1.165) is 90.4 Å². The van der Waals surface area contributed by atoms with Crippen LogP contribution in [0.4, 0.5) is 0 Å². The van der Waals surface area contributed by atoms with Gasteiger partial charge in [0.15, 0.2) is 5.96 Å². The molecule has 170 valence electrons. The number of hydrogen-bond acceptors (Lipinski definition) is 4. The van der Waals surface area contributed by atoms with E-state index in [4.69, 9.17) is 0 Å². The molecule has 1 N–H and O–H groups in total. The van der Waals surface area contributed by atoms with Crippen LogP contribution >= 0.6 is 0 Å². The lowest BCUT2D eigenvalue weighted by atomic mass is 10.1. The minimum atomic E-state index is -0.0384. The predicted octanol–water partition coefficient (Wildman–Crippen LogP) is 0.981. The molecule has 30 heavy (non-hydrogen) atoms. The lowest BCUT2D eigenvalue weighted by Crippen LogP contribution is -2.57. The van der Waals surface area contributed by atoms with Crippen LogP contribution in [0.2, 0.25) is 0 Å². The van der Waals surface area contributed by atoms with Crippen molar-refractivity contribution in [1.82, 2.24) is 24.9 Å². The molecule has 2 atom stereocenters. The molecular weight excluding hydrogens is 380 g/mol. The van der Waals surface area contributed by atoms with Crippen molar-refractivity contribution in [1.29, 1.82) is 0 Å². The minimum Gasteiger partial charge on any atom is -0.356 e.